The molecular weight excluding hydrogens is 354 g/mol. The highest BCUT2D eigenvalue weighted by atomic mass is 32.2. The summed E-state index contributed by atoms with van der Waals surface area (Å²) in [6.07, 6.45) is 0. The second kappa shape index (κ2) is 7.27. The lowest BCUT2D eigenvalue weighted by Crippen LogP contribution is -2.26. The zero-order valence-electron chi connectivity index (χ0n) is 14.7. The standard InChI is InChI=1S/C18H19N3O4S/c1-13-11-15(9-10-16(13)24-3)26(22,23)21(2)12-17-19-18(20-25-17)14-7-5-4-6-8-14/h4-11H,12H2,1-3H3. The van der Waals surface area contributed by atoms with Gasteiger partial charge in [0, 0.05) is 12.6 Å². The van der Waals surface area contributed by atoms with Crippen LogP contribution in [0.5, 0.6) is 5.75 Å². The largest absolute Gasteiger partial charge is 0.496 e. The maximum atomic E-state index is 12.8. The molecule has 1 heterocycles. The number of methoxy groups -OCH3 is 1. The average molecular weight is 373 g/mol. The first-order chi connectivity index (χ1) is 12.4. The van der Waals surface area contributed by atoms with E-state index in [4.69, 9.17) is 9.26 Å². The second-order valence-corrected chi connectivity index (χ2v) is 7.82. The molecule has 3 rings (SSSR count). The Kier molecular flexibility index (Phi) is 5.06. The monoisotopic (exact) mass is 373 g/mol. The minimum atomic E-state index is -3.69. The van der Waals surface area contributed by atoms with E-state index in [1.807, 2.05) is 30.3 Å². The van der Waals surface area contributed by atoms with E-state index in [0.29, 0.717) is 11.6 Å². The summed E-state index contributed by atoms with van der Waals surface area (Å²) in [5, 5.41) is 3.91. The van der Waals surface area contributed by atoms with E-state index in [1.165, 1.54) is 17.4 Å². The van der Waals surface area contributed by atoms with Crippen molar-refractivity contribution < 1.29 is 17.7 Å². The third-order valence-corrected chi connectivity index (χ3v) is 5.73. The smallest absolute Gasteiger partial charge is 0.243 e. The lowest BCUT2D eigenvalue weighted by atomic mass is 10.2. The quantitative estimate of drug-likeness (QED) is 0.660. The summed E-state index contributed by atoms with van der Waals surface area (Å²) in [6, 6.07) is 14.1. The Morgan fingerprint density at radius 1 is 1.15 bits per heavy atom. The van der Waals surface area contributed by atoms with E-state index in [0.717, 1.165) is 11.1 Å². The minimum absolute atomic E-state index is 0.0206. The van der Waals surface area contributed by atoms with Crippen molar-refractivity contribution in [1.82, 2.24) is 14.4 Å². The Bertz CT molecular complexity index is 1000. The van der Waals surface area contributed by atoms with Crippen LogP contribution in [0, 0.1) is 6.92 Å². The highest BCUT2D eigenvalue weighted by molar-refractivity contribution is 7.89. The first-order valence-electron chi connectivity index (χ1n) is 7.91. The summed E-state index contributed by atoms with van der Waals surface area (Å²) in [7, 11) is -0.672. The molecule has 0 fully saturated rings. The Balaban J connectivity index is 1.80. The highest BCUT2D eigenvalue weighted by Crippen LogP contribution is 2.24. The van der Waals surface area contributed by atoms with Gasteiger partial charge in [-0.15, -0.1) is 0 Å². The number of aryl methyl sites for hydroxylation is 1. The number of hydrogen-bond acceptors (Lipinski definition) is 6. The molecule has 3 aromatic rings. The third kappa shape index (κ3) is 3.61. The molecule has 0 radical (unpaired) electrons. The summed E-state index contributed by atoms with van der Waals surface area (Å²) in [6.45, 7) is 1.77. The maximum Gasteiger partial charge on any atom is 0.243 e. The van der Waals surface area contributed by atoms with Crippen LogP contribution >= 0.6 is 0 Å². The molecular formula is C18H19N3O4S. The van der Waals surface area contributed by atoms with Crippen molar-refractivity contribution in [3.8, 4) is 17.1 Å². The highest BCUT2D eigenvalue weighted by Gasteiger charge is 2.24. The summed E-state index contributed by atoms with van der Waals surface area (Å²) in [4.78, 5) is 4.45. The van der Waals surface area contributed by atoms with Gasteiger partial charge in [-0.3, -0.25) is 0 Å². The van der Waals surface area contributed by atoms with E-state index >= 15 is 0 Å². The van der Waals surface area contributed by atoms with Crippen molar-refractivity contribution in [2.75, 3.05) is 14.2 Å². The summed E-state index contributed by atoms with van der Waals surface area (Å²) in [5.74, 6) is 1.28. The van der Waals surface area contributed by atoms with Crippen LogP contribution in [0.25, 0.3) is 11.4 Å². The van der Waals surface area contributed by atoms with Gasteiger partial charge in [0.2, 0.25) is 21.7 Å². The molecule has 0 aliphatic heterocycles. The second-order valence-electron chi connectivity index (χ2n) is 5.77. The Morgan fingerprint density at radius 2 is 1.88 bits per heavy atom. The fourth-order valence-electron chi connectivity index (χ4n) is 2.49. The van der Waals surface area contributed by atoms with Crippen molar-refractivity contribution in [2.24, 2.45) is 0 Å². The molecule has 1 aromatic heterocycles. The molecule has 26 heavy (non-hydrogen) atoms. The first-order valence-corrected chi connectivity index (χ1v) is 9.35. The predicted molar refractivity (Wildman–Crippen MR) is 96.1 cm³/mol. The molecule has 7 nitrogen and oxygen atoms in total. The van der Waals surface area contributed by atoms with Crippen LogP contribution in [0.15, 0.2) is 57.9 Å². The van der Waals surface area contributed by atoms with E-state index in [1.54, 1.807) is 26.2 Å². The molecule has 0 saturated carbocycles. The number of aromatic nitrogens is 2. The van der Waals surface area contributed by atoms with Gasteiger partial charge in [-0.25, -0.2) is 8.42 Å². The summed E-state index contributed by atoms with van der Waals surface area (Å²) in [5.41, 5.74) is 1.55. The van der Waals surface area contributed by atoms with Gasteiger partial charge in [0.05, 0.1) is 18.6 Å². The van der Waals surface area contributed by atoms with Crippen LogP contribution in [0.1, 0.15) is 11.5 Å². The average Bonchev–Trinajstić information content (AvgIpc) is 3.11. The van der Waals surface area contributed by atoms with Crippen LogP contribution in [0.2, 0.25) is 0 Å². The SMILES string of the molecule is COc1ccc(S(=O)(=O)N(C)Cc2nc(-c3ccccc3)no2)cc1C. The lowest BCUT2D eigenvalue weighted by molar-refractivity contribution is 0.336. The maximum absolute atomic E-state index is 12.8. The lowest BCUT2D eigenvalue weighted by Gasteiger charge is -2.16. The number of ether oxygens (including phenoxy) is 1. The molecule has 2 aromatic carbocycles. The third-order valence-electron chi connectivity index (χ3n) is 3.93. The van der Waals surface area contributed by atoms with E-state index in [2.05, 4.69) is 10.1 Å². The number of nitrogens with zero attached hydrogens (tertiary/aromatic N) is 3. The van der Waals surface area contributed by atoms with Crippen molar-refractivity contribution in [2.45, 2.75) is 18.4 Å². The normalized spacial score (nSPS) is 11.7. The number of benzene rings is 2. The Hall–Kier alpha value is -2.71. The number of rotatable bonds is 6. The molecule has 136 valence electrons. The number of sulfonamides is 1. The van der Waals surface area contributed by atoms with Gasteiger partial charge >= 0.3 is 0 Å². The molecule has 0 bridgehead atoms. The van der Waals surface area contributed by atoms with Crippen molar-refractivity contribution in [3.63, 3.8) is 0 Å². The van der Waals surface area contributed by atoms with Crippen LogP contribution in [0.4, 0.5) is 0 Å². The zero-order chi connectivity index (χ0) is 18.7. The number of hydrogen-bond donors (Lipinski definition) is 0. The van der Waals surface area contributed by atoms with Gasteiger partial charge in [0.1, 0.15) is 5.75 Å². The van der Waals surface area contributed by atoms with Gasteiger partial charge in [-0.2, -0.15) is 9.29 Å². The van der Waals surface area contributed by atoms with E-state index in [-0.39, 0.29) is 17.3 Å². The van der Waals surface area contributed by atoms with E-state index in [9.17, 15) is 8.42 Å². The molecule has 0 unspecified atom stereocenters. The van der Waals surface area contributed by atoms with Crippen LogP contribution in [-0.2, 0) is 16.6 Å². The van der Waals surface area contributed by atoms with Gasteiger partial charge in [-0.05, 0) is 30.7 Å². The molecule has 8 heteroatoms. The molecule has 0 amide bonds. The summed E-state index contributed by atoms with van der Waals surface area (Å²) < 4.78 is 37.1. The molecule has 0 spiro atoms. The van der Waals surface area contributed by atoms with Gasteiger partial charge < -0.3 is 9.26 Å². The zero-order valence-corrected chi connectivity index (χ0v) is 15.5. The Morgan fingerprint density at radius 3 is 2.54 bits per heavy atom. The Labute approximate surface area is 152 Å². The molecule has 0 saturated heterocycles. The first kappa shape index (κ1) is 18.1. The summed E-state index contributed by atoms with van der Waals surface area (Å²) >= 11 is 0. The van der Waals surface area contributed by atoms with Crippen molar-refractivity contribution in [1.29, 1.82) is 0 Å². The van der Waals surface area contributed by atoms with Crippen LogP contribution in [-0.4, -0.2) is 37.0 Å². The van der Waals surface area contributed by atoms with Gasteiger partial charge in [-0.1, -0.05) is 35.5 Å². The van der Waals surface area contributed by atoms with Crippen LogP contribution in [0.3, 0.4) is 0 Å². The molecule has 0 aliphatic rings. The predicted octanol–water partition coefficient (Wildman–Crippen LogP) is 2.87. The van der Waals surface area contributed by atoms with Crippen molar-refractivity contribution >= 4 is 10.0 Å². The fraction of sp³-hybridized carbons (Fsp3) is 0.222. The molecule has 0 aliphatic carbocycles. The minimum Gasteiger partial charge on any atom is -0.496 e. The topological polar surface area (TPSA) is 85.5 Å². The fourth-order valence-corrected chi connectivity index (χ4v) is 3.70. The van der Waals surface area contributed by atoms with E-state index < -0.39 is 10.0 Å². The van der Waals surface area contributed by atoms with Gasteiger partial charge in [0.25, 0.3) is 0 Å². The molecule has 0 atom stereocenters. The van der Waals surface area contributed by atoms with Gasteiger partial charge in [0.15, 0.2) is 0 Å². The van der Waals surface area contributed by atoms with Crippen LogP contribution < -0.4 is 4.74 Å². The molecule has 0 N–H and O–H groups in total. The van der Waals surface area contributed by atoms with Crippen molar-refractivity contribution in [3.05, 3.63) is 60.0 Å².